The van der Waals surface area contributed by atoms with E-state index in [2.05, 4.69) is 37.3 Å². The number of aliphatic imine (C=N–C) groups is 1. The van der Waals surface area contributed by atoms with Crippen molar-refractivity contribution in [2.45, 2.75) is 17.1 Å². The molecule has 3 aromatic rings. The van der Waals surface area contributed by atoms with Gasteiger partial charge in [-0.15, -0.1) is 11.8 Å². The third kappa shape index (κ3) is 2.94. The van der Waals surface area contributed by atoms with Gasteiger partial charge in [0, 0.05) is 15.7 Å². The van der Waals surface area contributed by atoms with Crippen LogP contribution in [0.1, 0.15) is 21.9 Å². The van der Waals surface area contributed by atoms with Crippen LogP contribution < -0.4 is 4.74 Å². The van der Waals surface area contributed by atoms with Gasteiger partial charge in [-0.1, -0.05) is 42.0 Å². The maximum atomic E-state index is 14.0. The number of para-hydroxylation sites is 1. The second-order valence-corrected chi connectivity index (χ2v) is 8.16. The Morgan fingerprint density at radius 3 is 2.70 bits per heavy atom. The minimum Gasteiger partial charge on any atom is -0.492 e. The Bertz CT molecular complexity index is 1040. The maximum absolute atomic E-state index is 14.0. The van der Waals surface area contributed by atoms with Crippen molar-refractivity contribution in [1.82, 2.24) is 0 Å². The summed E-state index contributed by atoms with van der Waals surface area (Å²) in [5, 5.41) is 0.157. The van der Waals surface area contributed by atoms with E-state index in [0.717, 1.165) is 21.9 Å². The van der Waals surface area contributed by atoms with Crippen LogP contribution in [0.5, 0.6) is 5.75 Å². The molecule has 0 aromatic heterocycles. The Morgan fingerprint density at radius 1 is 1.04 bits per heavy atom. The first-order valence-corrected chi connectivity index (χ1v) is 9.90. The van der Waals surface area contributed by atoms with Crippen molar-refractivity contribution in [2.24, 2.45) is 10.9 Å². The Hall–Kier alpha value is -2.59. The minimum atomic E-state index is -0.266. The minimum absolute atomic E-state index is 0.0550. The number of nitrogens with zero attached hydrogens (tertiary/aromatic N) is 1. The summed E-state index contributed by atoms with van der Waals surface area (Å²) in [4.78, 5) is 6.13. The average Bonchev–Trinajstić information content (AvgIpc) is 2.85. The standard InChI is InChI=1S/C23H18FNOS/c1-14-6-8-15(9-7-14)23-18-13-26-20-11-10-16(24)12-17(20)22(18)25-19-4-2-3-5-21(19)27-23/h2-12,18,23H,13H2,1H3/t18-,23+/m0/s1. The Balaban J connectivity index is 1.71. The molecule has 0 saturated heterocycles. The number of halogens is 1. The molecule has 134 valence electrons. The van der Waals surface area contributed by atoms with E-state index < -0.39 is 0 Å². The molecule has 5 rings (SSSR count). The second kappa shape index (κ2) is 6.54. The summed E-state index contributed by atoms with van der Waals surface area (Å²) in [6.07, 6.45) is 0. The van der Waals surface area contributed by atoms with Crippen molar-refractivity contribution in [3.05, 3.63) is 89.2 Å². The number of hydrogen-bond acceptors (Lipinski definition) is 3. The molecule has 2 heterocycles. The largest absolute Gasteiger partial charge is 0.492 e. The third-order valence-corrected chi connectivity index (χ3v) is 6.57. The van der Waals surface area contributed by atoms with Gasteiger partial charge in [0.25, 0.3) is 0 Å². The summed E-state index contributed by atoms with van der Waals surface area (Å²) >= 11 is 1.81. The van der Waals surface area contributed by atoms with E-state index in [1.54, 1.807) is 12.1 Å². The number of fused-ring (bicyclic) bond motifs is 4. The first-order chi connectivity index (χ1) is 13.2. The molecule has 4 heteroatoms. The summed E-state index contributed by atoms with van der Waals surface area (Å²) in [7, 11) is 0. The monoisotopic (exact) mass is 375 g/mol. The van der Waals surface area contributed by atoms with Crippen LogP contribution in [0.4, 0.5) is 10.1 Å². The van der Waals surface area contributed by atoms with Gasteiger partial charge in [0.15, 0.2) is 0 Å². The fourth-order valence-electron chi connectivity index (χ4n) is 3.71. The molecule has 3 aromatic carbocycles. The van der Waals surface area contributed by atoms with Crippen LogP contribution in [0, 0.1) is 18.7 Å². The summed E-state index contributed by atoms with van der Waals surface area (Å²) in [5.74, 6) is 0.496. The zero-order chi connectivity index (χ0) is 18.4. The zero-order valence-electron chi connectivity index (χ0n) is 14.9. The molecule has 27 heavy (non-hydrogen) atoms. The van der Waals surface area contributed by atoms with E-state index >= 15 is 0 Å². The van der Waals surface area contributed by atoms with Gasteiger partial charge in [-0.2, -0.15) is 0 Å². The molecule has 0 N–H and O–H groups in total. The topological polar surface area (TPSA) is 21.6 Å². The first kappa shape index (κ1) is 16.6. The third-order valence-electron chi connectivity index (χ3n) is 5.12. The number of ether oxygens (including phenoxy) is 1. The SMILES string of the molecule is Cc1ccc([C@H]2Sc3ccccc3N=C3c4cc(F)ccc4OC[C@@H]32)cc1. The van der Waals surface area contributed by atoms with Crippen molar-refractivity contribution in [3.63, 3.8) is 0 Å². The van der Waals surface area contributed by atoms with Crippen molar-refractivity contribution >= 4 is 23.2 Å². The summed E-state index contributed by atoms with van der Waals surface area (Å²) < 4.78 is 20.0. The second-order valence-electron chi connectivity index (χ2n) is 6.97. The highest BCUT2D eigenvalue weighted by Crippen LogP contribution is 2.50. The maximum Gasteiger partial charge on any atom is 0.128 e. The predicted molar refractivity (Wildman–Crippen MR) is 108 cm³/mol. The van der Waals surface area contributed by atoms with E-state index in [1.807, 2.05) is 30.0 Å². The van der Waals surface area contributed by atoms with Crippen LogP contribution >= 0.6 is 11.8 Å². The molecule has 0 spiro atoms. The van der Waals surface area contributed by atoms with Crippen molar-refractivity contribution in [2.75, 3.05) is 6.61 Å². The number of thioether (sulfide) groups is 1. The molecular weight excluding hydrogens is 357 g/mol. The van der Waals surface area contributed by atoms with Gasteiger partial charge in [0.1, 0.15) is 11.6 Å². The van der Waals surface area contributed by atoms with Gasteiger partial charge in [-0.25, -0.2) is 4.39 Å². The fourth-order valence-corrected chi connectivity index (χ4v) is 5.04. The molecule has 0 radical (unpaired) electrons. The molecule has 2 atom stereocenters. The lowest BCUT2D eigenvalue weighted by atomic mass is 9.88. The van der Waals surface area contributed by atoms with E-state index in [4.69, 9.17) is 9.73 Å². The lowest BCUT2D eigenvalue weighted by Crippen LogP contribution is -2.32. The van der Waals surface area contributed by atoms with Gasteiger partial charge >= 0.3 is 0 Å². The smallest absolute Gasteiger partial charge is 0.128 e. The number of rotatable bonds is 1. The molecule has 0 saturated carbocycles. The molecule has 2 aliphatic rings. The number of benzene rings is 3. The van der Waals surface area contributed by atoms with Crippen molar-refractivity contribution < 1.29 is 9.13 Å². The predicted octanol–water partition coefficient (Wildman–Crippen LogP) is 6.11. The Morgan fingerprint density at radius 2 is 1.85 bits per heavy atom. The van der Waals surface area contributed by atoms with E-state index in [0.29, 0.717) is 12.4 Å². The Labute approximate surface area is 162 Å². The molecular formula is C23H18FNOS. The summed E-state index contributed by atoms with van der Waals surface area (Å²) in [6.45, 7) is 2.63. The highest BCUT2D eigenvalue weighted by atomic mass is 32.2. The van der Waals surface area contributed by atoms with Crippen LogP contribution in [0.25, 0.3) is 0 Å². The highest BCUT2D eigenvalue weighted by molar-refractivity contribution is 7.99. The van der Waals surface area contributed by atoms with Crippen LogP contribution in [0.15, 0.2) is 76.6 Å². The van der Waals surface area contributed by atoms with Crippen LogP contribution in [-0.2, 0) is 0 Å². The first-order valence-electron chi connectivity index (χ1n) is 9.02. The van der Waals surface area contributed by atoms with Gasteiger partial charge in [-0.3, -0.25) is 4.99 Å². The lowest BCUT2D eigenvalue weighted by Gasteiger charge is -2.31. The lowest BCUT2D eigenvalue weighted by molar-refractivity contribution is 0.271. The molecule has 0 unspecified atom stereocenters. The fraction of sp³-hybridized carbons (Fsp3) is 0.174. The molecule has 2 aliphatic heterocycles. The van der Waals surface area contributed by atoms with E-state index in [-0.39, 0.29) is 17.0 Å². The average molecular weight is 375 g/mol. The zero-order valence-corrected chi connectivity index (χ0v) is 15.7. The molecule has 0 fully saturated rings. The van der Waals surface area contributed by atoms with Crippen LogP contribution in [-0.4, -0.2) is 12.3 Å². The molecule has 0 bridgehead atoms. The van der Waals surface area contributed by atoms with Gasteiger partial charge in [0.05, 0.1) is 23.9 Å². The number of hydrogen-bond donors (Lipinski definition) is 0. The van der Waals surface area contributed by atoms with Crippen molar-refractivity contribution in [3.8, 4) is 5.75 Å². The molecule has 0 amide bonds. The van der Waals surface area contributed by atoms with Gasteiger partial charge in [-0.05, 0) is 42.8 Å². The van der Waals surface area contributed by atoms with E-state index in [1.165, 1.54) is 17.2 Å². The Kier molecular flexibility index (Phi) is 4.01. The summed E-state index contributed by atoms with van der Waals surface area (Å²) in [5.41, 5.74) is 5.09. The van der Waals surface area contributed by atoms with E-state index in [9.17, 15) is 4.39 Å². The van der Waals surface area contributed by atoms with Gasteiger partial charge < -0.3 is 4.74 Å². The number of aryl methyl sites for hydroxylation is 1. The van der Waals surface area contributed by atoms with Crippen LogP contribution in [0.2, 0.25) is 0 Å². The van der Waals surface area contributed by atoms with Crippen LogP contribution in [0.3, 0.4) is 0 Å². The van der Waals surface area contributed by atoms with Crippen molar-refractivity contribution in [1.29, 1.82) is 0 Å². The summed E-state index contributed by atoms with van der Waals surface area (Å²) in [6, 6.07) is 21.5. The quantitative estimate of drug-likeness (QED) is 0.512. The van der Waals surface area contributed by atoms with Gasteiger partial charge in [0.2, 0.25) is 0 Å². The highest BCUT2D eigenvalue weighted by Gasteiger charge is 2.37. The molecule has 0 aliphatic carbocycles. The molecule has 2 nitrogen and oxygen atoms in total. The normalized spacial score (nSPS) is 20.4.